The largest absolute Gasteiger partial charge is 0.497 e. The number of rotatable bonds is 19. The average Bonchev–Trinajstić information content (AvgIpc) is 2.86. The van der Waals surface area contributed by atoms with Crippen LogP contribution in [0.15, 0.2) is 48.5 Å². The van der Waals surface area contributed by atoms with Gasteiger partial charge in [0.2, 0.25) is 5.69 Å². The Labute approximate surface area is 230 Å². The Balaban J connectivity index is 1.94. The van der Waals surface area contributed by atoms with E-state index in [9.17, 15) is 0 Å². The predicted molar refractivity (Wildman–Crippen MR) is 158 cm³/mol. The van der Waals surface area contributed by atoms with Crippen LogP contribution in [0.25, 0.3) is 0 Å². The second-order valence-electron chi connectivity index (χ2n) is 8.17. The van der Waals surface area contributed by atoms with Gasteiger partial charge < -0.3 is 23.6 Å². The molecule has 0 aliphatic heterocycles. The van der Waals surface area contributed by atoms with E-state index < -0.39 is 5.69 Å². The van der Waals surface area contributed by atoms with Crippen molar-refractivity contribution in [2.45, 2.75) is 32.8 Å². The molecule has 0 spiro atoms. The molecule has 2 aromatic carbocycles. The molecule has 0 heterocycles. The van der Waals surface area contributed by atoms with Gasteiger partial charge in [0.05, 0.1) is 13.7 Å². The van der Waals surface area contributed by atoms with E-state index in [1.165, 1.54) is 5.56 Å². The molecule has 0 fully saturated rings. The summed E-state index contributed by atoms with van der Waals surface area (Å²) in [6, 6.07) is 16.4. The maximum absolute atomic E-state index is 6.25. The van der Waals surface area contributed by atoms with Crippen molar-refractivity contribution in [3.63, 3.8) is 0 Å². The maximum Gasteiger partial charge on any atom is 0.250 e. The molecule has 0 saturated heterocycles. The average molecular weight is 574 g/mol. The fourth-order valence-corrected chi connectivity index (χ4v) is 9.89. The summed E-state index contributed by atoms with van der Waals surface area (Å²) in [6.07, 6.45) is 1.60. The highest BCUT2D eigenvalue weighted by molar-refractivity contribution is 8.69. The van der Waals surface area contributed by atoms with Gasteiger partial charge in [-0.25, -0.2) is 0 Å². The highest BCUT2D eigenvalue weighted by Gasteiger charge is 2.21. The summed E-state index contributed by atoms with van der Waals surface area (Å²) < 4.78 is 29.4. The summed E-state index contributed by atoms with van der Waals surface area (Å²) in [5.41, 5.74) is -0.0323. The number of benzene rings is 2. The molecular formula is C26H40NO5PS3. The summed E-state index contributed by atoms with van der Waals surface area (Å²) in [5, 5.41) is 0.852. The van der Waals surface area contributed by atoms with E-state index in [1.54, 1.807) is 18.5 Å². The van der Waals surface area contributed by atoms with E-state index in [2.05, 4.69) is 30.0 Å². The maximum atomic E-state index is 6.25. The van der Waals surface area contributed by atoms with Crippen molar-refractivity contribution >= 4 is 40.6 Å². The molecule has 0 radical (unpaired) electrons. The van der Waals surface area contributed by atoms with Crippen LogP contribution in [0.5, 0.6) is 11.5 Å². The standard InChI is InChI=1S/C26H40NO5PS3/c1-6-31-33(34,36-21-35-7-2)32-20-30-25(18-27(3)4)19-29-26-14-9-8-12-23(26)16-15-22-11-10-13-24(17-22)28-5/h8-14,17,25H,6-7,15-16,18-21H2,1-5H3/t25-,33?/m0/s1. The SMILES string of the molecule is CCOP(=S)(OCO[C@H](COc1ccccc1CCc1cccc(OC)c1)CN(C)C)SCSCC. The summed E-state index contributed by atoms with van der Waals surface area (Å²) in [5.74, 6) is 2.79. The van der Waals surface area contributed by atoms with Gasteiger partial charge in [0.25, 0.3) is 0 Å². The molecule has 1 unspecified atom stereocenters. The highest BCUT2D eigenvalue weighted by Crippen LogP contribution is 2.61. The molecule has 36 heavy (non-hydrogen) atoms. The molecule has 0 N–H and O–H groups in total. The topological polar surface area (TPSA) is 49.4 Å². The molecular weight excluding hydrogens is 533 g/mol. The molecule has 2 aromatic rings. The van der Waals surface area contributed by atoms with Gasteiger partial charge in [-0.2, -0.15) is 11.8 Å². The van der Waals surface area contributed by atoms with Gasteiger partial charge in [0, 0.05) is 11.6 Å². The molecule has 6 nitrogen and oxygen atoms in total. The van der Waals surface area contributed by atoms with Gasteiger partial charge in [-0.05, 0) is 80.7 Å². The third-order valence-electron chi connectivity index (χ3n) is 5.08. The summed E-state index contributed by atoms with van der Waals surface area (Å²) in [6.45, 7) is 5.79. The minimum absolute atomic E-state index is 0.0838. The van der Waals surface area contributed by atoms with Crippen LogP contribution in [0, 0.1) is 0 Å². The molecule has 10 heteroatoms. The molecule has 202 valence electrons. The number of ether oxygens (including phenoxy) is 3. The Morgan fingerprint density at radius 3 is 2.56 bits per heavy atom. The third-order valence-corrected chi connectivity index (χ3v) is 12.0. The molecule has 0 aromatic heterocycles. The van der Waals surface area contributed by atoms with Crippen LogP contribution in [0.2, 0.25) is 0 Å². The van der Waals surface area contributed by atoms with E-state index in [0.717, 1.165) is 40.7 Å². The van der Waals surface area contributed by atoms with Crippen molar-refractivity contribution in [3.05, 3.63) is 59.7 Å². The smallest absolute Gasteiger partial charge is 0.250 e. The van der Waals surface area contributed by atoms with Gasteiger partial charge in [0.1, 0.15) is 24.2 Å². The molecule has 0 bridgehead atoms. The van der Waals surface area contributed by atoms with Crippen molar-refractivity contribution in [3.8, 4) is 11.5 Å². The van der Waals surface area contributed by atoms with Crippen molar-refractivity contribution in [1.82, 2.24) is 4.90 Å². The van der Waals surface area contributed by atoms with Gasteiger partial charge in [-0.15, -0.1) is 0 Å². The fraction of sp³-hybridized carbons (Fsp3) is 0.538. The van der Waals surface area contributed by atoms with Crippen LogP contribution < -0.4 is 9.47 Å². The Morgan fingerprint density at radius 2 is 1.83 bits per heavy atom. The molecule has 0 aliphatic carbocycles. The van der Waals surface area contributed by atoms with Crippen molar-refractivity contribution in [2.24, 2.45) is 0 Å². The molecule has 0 aliphatic rings. The molecule has 0 amide bonds. The van der Waals surface area contributed by atoms with Crippen LogP contribution in [-0.4, -0.2) is 69.6 Å². The zero-order valence-electron chi connectivity index (χ0n) is 22.0. The lowest BCUT2D eigenvalue weighted by atomic mass is 10.0. The predicted octanol–water partition coefficient (Wildman–Crippen LogP) is 6.48. The quantitative estimate of drug-likeness (QED) is 0.107. The van der Waals surface area contributed by atoms with E-state index in [0.29, 0.717) is 19.8 Å². The number of thioether (sulfide) groups is 1. The van der Waals surface area contributed by atoms with Gasteiger partial charge in [0.15, 0.2) is 6.79 Å². The van der Waals surface area contributed by atoms with Gasteiger partial charge >= 0.3 is 0 Å². The minimum Gasteiger partial charge on any atom is -0.497 e. The van der Waals surface area contributed by atoms with Crippen LogP contribution in [-0.2, 0) is 38.4 Å². The lowest BCUT2D eigenvalue weighted by Crippen LogP contribution is -2.34. The van der Waals surface area contributed by atoms with Crippen LogP contribution in [0.4, 0.5) is 0 Å². The van der Waals surface area contributed by atoms with Crippen molar-refractivity contribution in [2.75, 3.05) is 58.6 Å². The van der Waals surface area contributed by atoms with Crippen LogP contribution in [0.1, 0.15) is 25.0 Å². The summed E-state index contributed by atoms with van der Waals surface area (Å²) >= 11 is 9.07. The number of aryl methyl sites for hydroxylation is 2. The Bertz CT molecular complexity index is 934. The van der Waals surface area contributed by atoms with Gasteiger partial charge in [-0.3, -0.25) is 4.52 Å². The van der Waals surface area contributed by atoms with E-state index >= 15 is 0 Å². The van der Waals surface area contributed by atoms with Crippen molar-refractivity contribution in [1.29, 1.82) is 0 Å². The van der Waals surface area contributed by atoms with E-state index in [1.807, 2.05) is 63.1 Å². The number of methoxy groups -OCH3 is 1. The molecule has 0 saturated carbocycles. The highest BCUT2D eigenvalue weighted by atomic mass is 32.9. The Hall–Kier alpha value is -0.770. The number of hydrogen-bond acceptors (Lipinski definition) is 9. The fourth-order valence-electron chi connectivity index (χ4n) is 3.35. The van der Waals surface area contributed by atoms with Crippen LogP contribution >= 0.6 is 28.8 Å². The lowest BCUT2D eigenvalue weighted by molar-refractivity contribution is -0.0597. The number of para-hydroxylation sites is 1. The number of likely N-dealkylation sites (N-methyl/N-ethyl adjacent to an activating group) is 1. The molecule has 2 rings (SSSR count). The van der Waals surface area contributed by atoms with Crippen molar-refractivity contribution < 1.29 is 23.3 Å². The first-order valence-electron chi connectivity index (χ1n) is 12.1. The Kier molecular flexibility index (Phi) is 15.4. The van der Waals surface area contributed by atoms with Crippen LogP contribution in [0.3, 0.4) is 0 Å². The molecule has 2 atom stereocenters. The Morgan fingerprint density at radius 1 is 1.03 bits per heavy atom. The second-order valence-corrected chi connectivity index (χ2v) is 16.1. The minimum atomic E-state index is -2.43. The number of nitrogens with zero attached hydrogens (tertiary/aromatic N) is 1. The van der Waals surface area contributed by atoms with Gasteiger partial charge in [-0.1, -0.05) is 48.6 Å². The zero-order chi connectivity index (χ0) is 26.2. The third kappa shape index (κ3) is 12.2. The van der Waals surface area contributed by atoms with E-state index in [4.69, 9.17) is 35.1 Å². The van der Waals surface area contributed by atoms with E-state index in [-0.39, 0.29) is 12.9 Å². The summed E-state index contributed by atoms with van der Waals surface area (Å²) in [7, 11) is 5.72. The second kappa shape index (κ2) is 17.7. The number of hydrogen-bond donors (Lipinski definition) is 0. The summed E-state index contributed by atoms with van der Waals surface area (Å²) in [4.78, 5) is 2.08. The lowest BCUT2D eigenvalue weighted by Gasteiger charge is -2.25. The monoisotopic (exact) mass is 573 g/mol. The first kappa shape index (κ1) is 31.4. The normalized spacial score (nSPS) is 13.9. The first-order valence-corrected chi connectivity index (χ1v) is 17.5. The first-order chi connectivity index (χ1) is 17.4. The zero-order valence-corrected chi connectivity index (χ0v) is 25.4.